The summed E-state index contributed by atoms with van der Waals surface area (Å²) in [6, 6.07) is 20.4. The summed E-state index contributed by atoms with van der Waals surface area (Å²) in [5, 5.41) is 3.99. The number of amides is 1. The Labute approximate surface area is 222 Å². The van der Waals surface area contributed by atoms with Gasteiger partial charge >= 0.3 is 0 Å². The first kappa shape index (κ1) is 28.1. The van der Waals surface area contributed by atoms with E-state index in [1.165, 1.54) is 30.1 Å². The Kier molecular flexibility index (Phi) is 10.4. The smallest absolute Gasteiger partial charge is 0.264 e. The summed E-state index contributed by atoms with van der Waals surface area (Å²) in [4.78, 5) is 13.8. The molecule has 8 nitrogen and oxygen atoms in total. The monoisotopic (exact) mass is 541 g/mol. The number of carbonyl (C=O) groups excluding carboxylic acids is 1. The fourth-order valence-electron chi connectivity index (χ4n) is 3.28. The molecule has 0 aliphatic carbocycles. The summed E-state index contributed by atoms with van der Waals surface area (Å²) in [5.74, 6) is 0.773. The van der Waals surface area contributed by atoms with E-state index in [-0.39, 0.29) is 4.90 Å². The van der Waals surface area contributed by atoms with Gasteiger partial charge < -0.3 is 9.47 Å². The summed E-state index contributed by atoms with van der Waals surface area (Å²) in [5.41, 5.74) is 3.51. The molecule has 0 aliphatic heterocycles. The highest BCUT2D eigenvalue weighted by atomic mass is 32.2. The van der Waals surface area contributed by atoms with Crippen molar-refractivity contribution in [3.8, 4) is 11.5 Å². The first-order valence-corrected chi connectivity index (χ1v) is 14.5. The number of ether oxygens (including phenoxy) is 2. The van der Waals surface area contributed by atoms with E-state index >= 15 is 0 Å². The highest BCUT2D eigenvalue weighted by Crippen LogP contribution is 2.27. The third kappa shape index (κ3) is 7.99. The average molecular weight is 542 g/mol. The van der Waals surface area contributed by atoms with Crippen molar-refractivity contribution in [1.29, 1.82) is 0 Å². The van der Waals surface area contributed by atoms with Gasteiger partial charge in [-0.2, -0.15) is 5.10 Å². The molecule has 0 aliphatic rings. The summed E-state index contributed by atoms with van der Waals surface area (Å²) in [7, 11) is -4.03. The zero-order valence-corrected chi connectivity index (χ0v) is 22.7. The second kappa shape index (κ2) is 13.7. The fourth-order valence-corrected chi connectivity index (χ4v) is 5.11. The van der Waals surface area contributed by atoms with Crippen molar-refractivity contribution in [3.63, 3.8) is 0 Å². The van der Waals surface area contributed by atoms with Crippen LogP contribution in [0.2, 0.25) is 0 Å². The van der Waals surface area contributed by atoms with Gasteiger partial charge in [-0.25, -0.2) is 13.8 Å². The third-order valence-corrected chi connectivity index (χ3v) is 7.66. The van der Waals surface area contributed by atoms with Crippen LogP contribution in [0.1, 0.15) is 25.8 Å². The highest BCUT2D eigenvalue weighted by Gasteiger charge is 2.27. The molecule has 10 heteroatoms. The van der Waals surface area contributed by atoms with E-state index in [0.717, 1.165) is 26.9 Å². The quantitative estimate of drug-likeness (QED) is 0.187. The molecule has 3 aromatic rings. The molecule has 0 heterocycles. The summed E-state index contributed by atoms with van der Waals surface area (Å²) < 4.78 is 39.2. The van der Waals surface area contributed by atoms with Crippen LogP contribution in [0.5, 0.6) is 11.5 Å². The van der Waals surface area contributed by atoms with Gasteiger partial charge in [-0.05, 0) is 98.0 Å². The molecular weight excluding hydrogens is 510 g/mol. The van der Waals surface area contributed by atoms with Crippen LogP contribution in [0.4, 0.5) is 5.69 Å². The first-order chi connectivity index (χ1) is 17.9. The van der Waals surface area contributed by atoms with Crippen molar-refractivity contribution < 1.29 is 22.7 Å². The van der Waals surface area contributed by atoms with Gasteiger partial charge in [0.05, 0.1) is 30.0 Å². The van der Waals surface area contributed by atoms with Crippen LogP contribution < -0.4 is 19.2 Å². The molecule has 3 rings (SSSR count). The normalized spacial score (nSPS) is 11.3. The standard InChI is InChI=1S/C27H31N3O5S2/c1-4-18-35-24-10-6-21(7-11-24)19-28-29-27(31)20-30(22-8-12-23(13-9-22)34-5-2)37(32,33)26-16-14-25(36-3)15-17-26/h6-17,19H,4-5,18,20H2,1-3H3,(H,29,31)/b28-19-. The third-order valence-electron chi connectivity index (χ3n) is 5.13. The number of thioether (sulfide) groups is 1. The average Bonchev–Trinajstić information content (AvgIpc) is 2.92. The SMILES string of the molecule is CCCOc1ccc(/C=N\NC(=O)CN(c2ccc(OCC)cc2)S(=O)(=O)c2ccc(SC)cc2)cc1. The minimum absolute atomic E-state index is 0.0841. The summed E-state index contributed by atoms with van der Waals surface area (Å²) >= 11 is 1.51. The largest absolute Gasteiger partial charge is 0.494 e. The number of sulfonamides is 1. The number of anilines is 1. The van der Waals surface area contributed by atoms with Crippen LogP contribution in [-0.2, 0) is 14.8 Å². The summed E-state index contributed by atoms with van der Waals surface area (Å²) in [6.45, 7) is 4.56. The number of nitrogens with one attached hydrogen (secondary N) is 1. The van der Waals surface area contributed by atoms with Gasteiger partial charge in [0.2, 0.25) is 0 Å². The molecule has 196 valence electrons. The molecular formula is C27H31N3O5S2. The molecule has 0 radical (unpaired) electrons. The maximum atomic E-state index is 13.5. The van der Waals surface area contributed by atoms with Crippen molar-refractivity contribution in [2.75, 3.05) is 30.3 Å². The molecule has 0 unspecified atom stereocenters. The Balaban J connectivity index is 1.77. The Morgan fingerprint density at radius 2 is 1.57 bits per heavy atom. The molecule has 37 heavy (non-hydrogen) atoms. The first-order valence-electron chi connectivity index (χ1n) is 11.8. The van der Waals surface area contributed by atoms with Gasteiger partial charge in [-0.15, -0.1) is 11.8 Å². The van der Waals surface area contributed by atoms with Crippen LogP contribution in [0.25, 0.3) is 0 Å². The number of carbonyl (C=O) groups is 1. The molecule has 0 atom stereocenters. The van der Waals surface area contributed by atoms with Crippen molar-refractivity contribution in [2.24, 2.45) is 5.10 Å². The van der Waals surface area contributed by atoms with Gasteiger partial charge in [0.25, 0.3) is 15.9 Å². The Morgan fingerprint density at radius 3 is 2.16 bits per heavy atom. The molecule has 0 saturated carbocycles. The number of rotatable bonds is 13. The second-order valence-electron chi connectivity index (χ2n) is 7.82. The number of hydrogen-bond acceptors (Lipinski definition) is 7. The fraction of sp³-hybridized carbons (Fsp3) is 0.259. The topological polar surface area (TPSA) is 97.3 Å². The van der Waals surface area contributed by atoms with E-state index in [2.05, 4.69) is 10.5 Å². The zero-order valence-electron chi connectivity index (χ0n) is 21.1. The maximum absolute atomic E-state index is 13.5. The minimum Gasteiger partial charge on any atom is -0.494 e. The number of benzene rings is 3. The Bertz CT molecular complexity index is 1280. The van der Waals surface area contributed by atoms with E-state index < -0.39 is 22.5 Å². The number of nitrogens with zero attached hydrogens (tertiary/aromatic N) is 2. The van der Waals surface area contributed by atoms with Crippen molar-refractivity contribution >= 4 is 39.6 Å². The van der Waals surface area contributed by atoms with Gasteiger partial charge in [0, 0.05) is 4.90 Å². The van der Waals surface area contributed by atoms with Gasteiger partial charge in [0.1, 0.15) is 18.0 Å². The molecule has 0 aromatic heterocycles. The van der Waals surface area contributed by atoms with Crippen LogP contribution in [0.15, 0.2) is 87.7 Å². The van der Waals surface area contributed by atoms with E-state index in [4.69, 9.17) is 9.47 Å². The second-order valence-corrected chi connectivity index (χ2v) is 10.6. The molecule has 0 saturated heterocycles. The molecule has 1 amide bonds. The van der Waals surface area contributed by atoms with Crippen LogP contribution in [0.3, 0.4) is 0 Å². The summed E-state index contributed by atoms with van der Waals surface area (Å²) in [6.07, 6.45) is 4.31. The lowest BCUT2D eigenvalue weighted by atomic mass is 10.2. The van der Waals surface area contributed by atoms with Gasteiger partial charge in [-0.1, -0.05) is 6.92 Å². The van der Waals surface area contributed by atoms with Gasteiger partial charge in [0.15, 0.2) is 0 Å². The number of hydrogen-bond donors (Lipinski definition) is 1. The van der Waals surface area contributed by atoms with Crippen LogP contribution in [-0.4, -0.2) is 46.6 Å². The van der Waals surface area contributed by atoms with E-state index in [9.17, 15) is 13.2 Å². The van der Waals surface area contributed by atoms with Crippen molar-refractivity contribution in [1.82, 2.24) is 5.43 Å². The predicted octanol–water partition coefficient (Wildman–Crippen LogP) is 4.94. The molecule has 1 N–H and O–H groups in total. The van der Waals surface area contributed by atoms with E-state index in [0.29, 0.717) is 24.7 Å². The predicted molar refractivity (Wildman–Crippen MR) is 148 cm³/mol. The van der Waals surface area contributed by atoms with Gasteiger partial charge in [-0.3, -0.25) is 9.10 Å². The molecule has 0 fully saturated rings. The molecule has 0 spiro atoms. The van der Waals surface area contributed by atoms with Crippen molar-refractivity contribution in [2.45, 2.75) is 30.1 Å². The molecule has 3 aromatic carbocycles. The highest BCUT2D eigenvalue weighted by molar-refractivity contribution is 7.98. The lowest BCUT2D eigenvalue weighted by Gasteiger charge is -2.24. The Morgan fingerprint density at radius 1 is 0.946 bits per heavy atom. The molecule has 0 bridgehead atoms. The van der Waals surface area contributed by atoms with Crippen molar-refractivity contribution in [3.05, 3.63) is 78.4 Å². The van der Waals surface area contributed by atoms with E-state index in [1.54, 1.807) is 36.4 Å². The maximum Gasteiger partial charge on any atom is 0.264 e. The van der Waals surface area contributed by atoms with E-state index in [1.807, 2.05) is 44.4 Å². The minimum atomic E-state index is -4.03. The lowest BCUT2D eigenvalue weighted by Crippen LogP contribution is -2.39. The van der Waals surface area contributed by atoms with Crippen LogP contribution >= 0.6 is 11.8 Å². The zero-order chi connectivity index (χ0) is 26.7. The number of hydrazone groups is 1. The lowest BCUT2D eigenvalue weighted by molar-refractivity contribution is -0.119. The Hall–Kier alpha value is -3.50. The van der Waals surface area contributed by atoms with Crippen LogP contribution in [0, 0.1) is 0 Å².